The first kappa shape index (κ1) is 25.0. The quantitative estimate of drug-likeness (QED) is 0.485. The number of aliphatic imine (C=N–C) groups is 1. The first-order valence-electron chi connectivity index (χ1n) is 10.5. The lowest BCUT2D eigenvalue weighted by molar-refractivity contribution is -0.385. The lowest BCUT2D eigenvalue weighted by Crippen LogP contribution is -2.68. The van der Waals surface area contributed by atoms with Crippen LogP contribution in [0.2, 0.25) is 0 Å². The zero-order valence-corrected chi connectivity index (χ0v) is 20.1. The molecule has 0 aromatic heterocycles. The molecule has 1 fully saturated rings. The van der Waals surface area contributed by atoms with Crippen molar-refractivity contribution in [1.29, 1.82) is 0 Å². The second-order valence-electron chi connectivity index (χ2n) is 10.0. The number of hydrogen-bond acceptors (Lipinski definition) is 7. The third kappa shape index (κ3) is 3.99. The summed E-state index contributed by atoms with van der Waals surface area (Å²) in [5, 5.41) is 21.8. The first-order valence-corrected chi connectivity index (χ1v) is 12.1. The van der Waals surface area contributed by atoms with Gasteiger partial charge in [0.15, 0.2) is 9.84 Å². The second-order valence-corrected chi connectivity index (χ2v) is 12.4. The number of halogens is 1. The van der Waals surface area contributed by atoms with Gasteiger partial charge in [-0.05, 0) is 51.4 Å². The van der Waals surface area contributed by atoms with E-state index in [1.165, 1.54) is 6.92 Å². The van der Waals surface area contributed by atoms with E-state index in [2.05, 4.69) is 10.3 Å². The monoisotopic (exact) mass is 484 g/mol. The number of benzene rings is 1. The summed E-state index contributed by atoms with van der Waals surface area (Å²) in [7, 11) is -2.35. The first-order chi connectivity index (χ1) is 15.1. The Hall–Kier alpha value is -2.60. The van der Waals surface area contributed by atoms with Crippen LogP contribution in [0.15, 0.2) is 23.2 Å². The van der Waals surface area contributed by atoms with E-state index in [1.54, 1.807) is 20.8 Å². The van der Waals surface area contributed by atoms with Crippen LogP contribution in [-0.4, -0.2) is 65.4 Å². The molecule has 0 aliphatic carbocycles. The summed E-state index contributed by atoms with van der Waals surface area (Å²) in [4.78, 5) is 28.9. The van der Waals surface area contributed by atoms with Gasteiger partial charge in [-0.25, -0.2) is 17.6 Å². The summed E-state index contributed by atoms with van der Waals surface area (Å²) in [5.41, 5.74) is -3.47. The summed E-state index contributed by atoms with van der Waals surface area (Å²) >= 11 is 0. The summed E-state index contributed by atoms with van der Waals surface area (Å²) in [6, 6.07) is 2.88. The molecule has 2 aliphatic rings. The van der Waals surface area contributed by atoms with Crippen molar-refractivity contribution >= 4 is 27.5 Å². The van der Waals surface area contributed by atoms with Gasteiger partial charge in [0, 0.05) is 17.7 Å². The van der Waals surface area contributed by atoms with E-state index >= 15 is 4.39 Å². The Bertz CT molecular complexity index is 1120. The van der Waals surface area contributed by atoms with Crippen molar-refractivity contribution in [3.8, 4) is 0 Å². The number of sulfone groups is 1. The Morgan fingerprint density at radius 3 is 2.39 bits per heavy atom. The number of piperidine rings is 1. The van der Waals surface area contributed by atoms with Crippen molar-refractivity contribution in [3.63, 3.8) is 0 Å². The fourth-order valence-electron chi connectivity index (χ4n) is 5.32. The van der Waals surface area contributed by atoms with Crippen LogP contribution in [-0.2, 0) is 15.4 Å². The van der Waals surface area contributed by atoms with Crippen LogP contribution >= 0.6 is 0 Å². The Labute approximate surface area is 191 Å². The number of nitro benzene ring substituents is 1. The molecule has 2 N–H and O–H groups in total. The third-order valence-electron chi connectivity index (χ3n) is 6.65. The van der Waals surface area contributed by atoms with Crippen LogP contribution in [0.3, 0.4) is 0 Å². The van der Waals surface area contributed by atoms with Crippen molar-refractivity contribution in [2.75, 3.05) is 20.1 Å². The van der Waals surface area contributed by atoms with Gasteiger partial charge in [0.05, 0.1) is 10.2 Å². The van der Waals surface area contributed by atoms with Crippen LogP contribution in [0.1, 0.15) is 46.1 Å². The van der Waals surface area contributed by atoms with Crippen molar-refractivity contribution in [2.24, 2.45) is 10.4 Å². The highest BCUT2D eigenvalue weighted by molar-refractivity contribution is 7.94. The fourth-order valence-corrected chi connectivity index (χ4v) is 8.61. The standard InChI is InChI=1S/C21H29FN4O6S/c1-19(2,3)16-20(4,14-12-13(26(29)30)6-7-15(14)22)24-17(23-18(27)28)21(33(16,31)32)8-10-25(5)11-9-21/h6-7,12,16H,8-11H2,1-5H3,(H,23,24)(H,27,28)/t16-,20?/m1/s1. The molecule has 33 heavy (non-hydrogen) atoms. The van der Waals surface area contributed by atoms with E-state index in [0.29, 0.717) is 13.1 Å². The third-order valence-corrected chi connectivity index (χ3v) is 10.1. The van der Waals surface area contributed by atoms with Gasteiger partial charge in [0.25, 0.3) is 5.69 Å². The number of carbonyl (C=O) groups is 1. The number of rotatable bonds is 2. The van der Waals surface area contributed by atoms with Gasteiger partial charge >= 0.3 is 6.09 Å². The molecule has 10 nitrogen and oxygen atoms in total. The van der Waals surface area contributed by atoms with Gasteiger partial charge in [0.1, 0.15) is 21.9 Å². The normalized spacial score (nSPS) is 27.1. The minimum atomic E-state index is -4.19. The number of nitrogens with one attached hydrogen (secondary N) is 1. The van der Waals surface area contributed by atoms with Crippen LogP contribution in [0.4, 0.5) is 14.9 Å². The Morgan fingerprint density at radius 2 is 1.91 bits per heavy atom. The Morgan fingerprint density at radius 1 is 1.33 bits per heavy atom. The highest BCUT2D eigenvalue weighted by atomic mass is 32.2. The SMILES string of the molecule is CN1CCC2(CC1)C(NC(=O)O)=NC(C)(c1cc([N+](=O)[O-])ccc1F)[C@@H](C(C)(C)C)S2(=O)=O. The summed E-state index contributed by atoms with van der Waals surface area (Å²) < 4.78 is 42.3. The van der Waals surface area contributed by atoms with E-state index in [-0.39, 0.29) is 24.2 Å². The number of carboxylic acid groups (broad SMARTS) is 1. The number of non-ortho nitro benzene ring substituents is 1. The molecule has 2 aliphatic heterocycles. The molecule has 2 heterocycles. The minimum absolute atomic E-state index is 0.116. The van der Waals surface area contributed by atoms with E-state index in [0.717, 1.165) is 18.2 Å². The maximum Gasteiger partial charge on any atom is 0.410 e. The largest absolute Gasteiger partial charge is 0.465 e. The molecule has 1 unspecified atom stereocenters. The average molecular weight is 485 g/mol. The summed E-state index contributed by atoms with van der Waals surface area (Å²) in [6.45, 7) is 7.27. The van der Waals surface area contributed by atoms with E-state index in [1.807, 2.05) is 11.9 Å². The van der Waals surface area contributed by atoms with Crippen molar-refractivity contribution in [3.05, 3.63) is 39.7 Å². The zero-order valence-electron chi connectivity index (χ0n) is 19.3. The molecule has 1 saturated heterocycles. The number of likely N-dealkylation sites (tertiary alicyclic amines) is 1. The molecule has 12 heteroatoms. The van der Waals surface area contributed by atoms with Crippen molar-refractivity contribution in [2.45, 2.75) is 56.1 Å². The van der Waals surface area contributed by atoms with E-state index in [9.17, 15) is 28.4 Å². The minimum Gasteiger partial charge on any atom is -0.465 e. The highest BCUT2D eigenvalue weighted by Crippen LogP contribution is 2.52. The maximum atomic E-state index is 15.1. The summed E-state index contributed by atoms with van der Waals surface area (Å²) in [6.07, 6.45) is -1.26. The molecular weight excluding hydrogens is 455 g/mol. The van der Waals surface area contributed by atoms with Gasteiger partial charge in [-0.2, -0.15) is 0 Å². The predicted octanol–water partition coefficient (Wildman–Crippen LogP) is 2.92. The maximum absolute atomic E-state index is 15.1. The lowest BCUT2D eigenvalue weighted by Gasteiger charge is -2.53. The topological polar surface area (TPSA) is 142 Å². The molecule has 1 spiro atoms. The molecule has 1 aromatic carbocycles. The van der Waals surface area contributed by atoms with E-state index in [4.69, 9.17) is 0 Å². The number of nitro groups is 1. The lowest BCUT2D eigenvalue weighted by atomic mass is 9.75. The van der Waals surface area contributed by atoms with Crippen molar-refractivity contribution in [1.82, 2.24) is 10.2 Å². The smallest absolute Gasteiger partial charge is 0.410 e. The number of nitrogens with zero attached hydrogens (tertiary/aromatic N) is 3. The molecule has 182 valence electrons. The number of hydrogen-bond donors (Lipinski definition) is 2. The van der Waals surface area contributed by atoms with Crippen molar-refractivity contribution < 1.29 is 27.6 Å². The van der Waals surface area contributed by atoms with Gasteiger partial charge < -0.3 is 10.0 Å². The predicted molar refractivity (Wildman–Crippen MR) is 121 cm³/mol. The van der Waals surface area contributed by atoms with Gasteiger partial charge in [-0.15, -0.1) is 0 Å². The zero-order chi connectivity index (χ0) is 25.0. The molecular formula is C21H29FN4O6S. The van der Waals surface area contributed by atoms with Gasteiger partial charge in [0.2, 0.25) is 0 Å². The highest BCUT2D eigenvalue weighted by Gasteiger charge is 2.65. The molecule has 0 radical (unpaired) electrons. The van der Waals surface area contributed by atoms with Crippen LogP contribution in [0.25, 0.3) is 0 Å². The summed E-state index contributed by atoms with van der Waals surface area (Å²) in [5.74, 6) is -1.12. The number of amides is 1. The number of amidine groups is 1. The van der Waals surface area contributed by atoms with Crippen LogP contribution in [0.5, 0.6) is 0 Å². The van der Waals surface area contributed by atoms with Gasteiger partial charge in [-0.1, -0.05) is 20.8 Å². The van der Waals surface area contributed by atoms with Crippen LogP contribution < -0.4 is 5.32 Å². The Kier molecular flexibility index (Phi) is 6.08. The van der Waals surface area contributed by atoms with E-state index < -0.39 is 53.3 Å². The fraction of sp³-hybridized carbons (Fsp3) is 0.619. The molecule has 1 aromatic rings. The average Bonchev–Trinajstić information content (AvgIpc) is 2.65. The molecule has 2 atom stereocenters. The molecule has 0 bridgehead atoms. The molecule has 3 rings (SSSR count). The van der Waals surface area contributed by atoms with Gasteiger partial charge in [-0.3, -0.25) is 20.4 Å². The Balaban J connectivity index is 2.41. The second kappa shape index (κ2) is 8.01. The molecule has 0 saturated carbocycles. The van der Waals surface area contributed by atoms with Crippen LogP contribution in [0, 0.1) is 21.3 Å². The molecule has 1 amide bonds.